The number of hydrogen-bond acceptors (Lipinski definition) is 7. The molecule has 3 rings (SSSR count). The molecule has 0 atom stereocenters. The number of nitrogens with two attached hydrogens (primary N) is 1. The van der Waals surface area contributed by atoms with Crippen LogP contribution in [0.25, 0.3) is 10.9 Å². The van der Waals surface area contributed by atoms with Crippen LogP contribution in [0.4, 0.5) is 11.6 Å². The molecule has 0 bridgehead atoms. The quantitative estimate of drug-likeness (QED) is 0.466. The average molecular weight is 284 g/mol. The third-order valence-corrected chi connectivity index (χ3v) is 2.84. The second-order valence-corrected chi connectivity index (χ2v) is 4.27. The fraction of sp³-hybridized carbons (Fsp3) is 0.0833. The van der Waals surface area contributed by atoms with Crippen molar-refractivity contribution in [2.45, 2.75) is 0 Å². The number of nitrogens with zero attached hydrogens (tertiary/aromatic N) is 5. The lowest BCUT2D eigenvalue weighted by Crippen LogP contribution is -2.16. The predicted molar refractivity (Wildman–Crippen MR) is 76.3 cm³/mol. The number of para-hydroxylation sites is 1. The largest absolute Gasteiger partial charge is 0.323 e. The molecule has 4 N–H and O–H groups in total. The number of benzene rings is 1. The van der Waals surface area contributed by atoms with Crippen molar-refractivity contribution in [2.75, 3.05) is 10.7 Å². The Hall–Kier alpha value is -3.07. The molecule has 0 saturated heterocycles. The smallest absolute Gasteiger partial charge is 0.276 e. The van der Waals surface area contributed by atoms with Crippen molar-refractivity contribution in [3.8, 4) is 0 Å². The molecule has 3 aromatic rings. The summed E-state index contributed by atoms with van der Waals surface area (Å²) < 4.78 is 0. The molecule has 21 heavy (non-hydrogen) atoms. The summed E-state index contributed by atoms with van der Waals surface area (Å²) in [6, 6.07) is 8.93. The summed E-state index contributed by atoms with van der Waals surface area (Å²) in [5.41, 5.74) is 4.04. The predicted octanol–water partition coefficient (Wildman–Crippen LogP) is 0.296. The number of aryl methyl sites for hydroxylation is 1. The minimum absolute atomic E-state index is 0.111. The van der Waals surface area contributed by atoms with Gasteiger partial charge >= 0.3 is 0 Å². The molecule has 1 aromatic carbocycles. The van der Waals surface area contributed by atoms with Crippen LogP contribution in [-0.4, -0.2) is 31.1 Å². The average Bonchev–Trinajstić information content (AvgIpc) is 2.91. The number of pyridine rings is 1. The van der Waals surface area contributed by atoms with Gasteiger partial charge in [0.15, 0.2) is 0 Å². The molecule has 0 saturated carbocycles. The number of fused-ring (bicyclic) bond motifs is 1. The van der Waals surface area contributed by atoms with Crippen molar-refractivity contribution in [1.29, 1.82) is 0 Å². The number of carbonyl (C=O) groups is 1. The number of hydrazine groups is 1. The van der Waals surface area contributed by atoms with Crippen LogP contribution in [0.3, 0.4) is 0 Å². The summed E-state index contributed by atoms with van der Waals surface area (Å²) in [5, 5.41) is 14.5. The molecule has 0 aliphatic heterocycles. The number of nitrogens with one attached hydrogen (secondary N) is 2. The molecule has 0 aliphatic rings. The lowest BCUT2D eigenvalue weighted by molar-refractivity contribution is 0.102. The van der Waals surface area contributed by atoms with Gasteiger partial charge in [-0.25, -0.2) is 4.98 Å². The minimum Gasteiger partial charge on any atom is -0.323 e. The number of tetrazole rings is 1. The zero-order valence-electron chi connectivity index (χ0n) is 11.1. The zero-order chi connectivity index (χ0) is 14.8. The van der Waals surface area contributed by atoms with Gasteiger partial charge < -0.3 is 5.43 Å². The van der Waals surface area contributed by atoms with E-state index < -0.39 is 5.91 Å². The van der Waals surface area contributed by atoms with Crippen LogP contribution < -0.4 is 16.6 Å². The lowest BCUT2D eigenvalue weighted by atomic mass is 10.1. The Kier molecular flexibility index (Phi) is 3.16. The highest BCUT2D eigenvalue weighted by molar-refractivity contribution is 6.05. The minimum atomic E-state index is -0.440. The fourth-order valence-corrected chi connectivity index (χ4v) is 1.91. The van der Waals surface area contributed by atoms with Crippen LogP contribution in [0, 0.1) is 0 Å². The monoisotopic (exact) mass is 284 g/mol. The van der Waals surface area contributed by atoms with Crippen molar-refractivity contribution in [1.82, 2.24) is 25.2 Å². The SMILES string of the molecule is Cn1nnc(NC(=O)c2cc(NN)c3ccccc3n2)n1. The van der Waals surface area contributed by atoms with Gasteiger partial charge in [0.1, 0.15) is 5.69 Å². The molecule has 2 heterocycles. The second kappa shape index (κ2) is 5.13. The molecule has 2 aromatic heterocycles. The Bertz CT molecular complexity index is 812. The van der Waals surface area contributed by atoms with Gasteiger partial charge in [-0.15, -0.1) is 5.10 Å². The summed E-state index contributed by atoms with van der Waals surface area (Å²) in [6.07, 6.45) is 0. The normalized spacial score (nSPS) is 10.6. The Morgan fingerprint density at radius 2 is 2.14 bits per heavy atom. The molecule has 9 heteroatoms. The van der Waals surface area contributed by atoms with E-state index in [-0.39, 0.29) is 11.6 Å². The Morgan fingerprint density at radius 1 is 1.33 bits per heavy atom. The van der Waals surface area contributed by atoms with Gasteiger partial charge in [-0.2, -0.15) is 4.80 Å². The van der Waals surface area contributed by atoms with E-state index in [9.17, 15) is 4.79 Å². The van der Waals surface area contributed by atoms with Crippen LogP contribution in [0.1, 0.15) is 10.5 Å². The molecule has 0 radical (unpaired) electrons. The van der Waals surface area contributed by atoms with Crippen molar-refractivity contribution >= 4 is 28.4 Å². The van der Waals surface area contributed by atoms with Gasteiger partial charge in [-0.05, 0) is 17.3 Å². The van der Waals surface area contributed by atoms with Gasteiger partial charge in [0.25, 0.3) is 11.9 Å². The summed E-state index contributed by atoms with van der Waals surface area (Å²) in [4.78, 5) is 17.7. The lowest BCUT2D eigenvalue weighted by Gasteiger charge is -2.08. The van der Waals surface area contributed by atoms with E-state index in [1.54, 1.807) is 19.2 Å². The molecular formula is C12H12N8O. The molecule has 0 aliphatic carbocycles. The summed E-state index contributed by atoms with van der Waals surface area (Å²) in [6.45, 7) is 0. The highest BCUT2D eigenvalue weighted by Crippen LogP contribution is 2.22. The van der Waals surface area contributed by atoms with E-state index in [2.05, 4.69) is 31.1 Å². The number of amides is 1. The van der Waals surface area contributed by atoms with Crippen LogP contribution in [-0.2, 0) is 7.05 Å². The molecule has 9 nitrogen and oxygen atoms in total. The number of hydrogen-bond donors (Lipinski definition) is 3. The summed E-state index contributed by atoms with van der Waals surface area (Å²) >= 11 is 0. The van der Waals surface area contributed by atoms with Crippen molar-refractivity contribution in [2.24, 2.45) is 12.9 Å². The van der Waals surface area contributed by atoms with E-state index in [1.807, 2.05) is 18.2 Å². The molecule has 1 amide bonds. The highest BCUT2D eigenvalue weighted by Gasteiger charge is 2.13. The number of rotatable bonds is 3. The van der Waals surface area contributed by atoms with Gasteiger partial charge in [0.05, 0.1) is 18.3 Å². The van der Waals surface area contributed by atoms with Crippen molar-refractivity contribution in [3.63, 3.8) is 0 Å². The number of aromatic nitrogens is 5. The van der Waals surface area contributed by atoms with Crippen LogP contribution in [0.5, 0.6) is 0 Å². The van der Waals surface area contributed by atoms with Gasteiger partial charge in [-0.3, -0.25) is 16.0 Å². The first-order valence-electron chi connectivity index (χ1n) is 6.09. The Balaban J connectivity index is 1.98. The molecule has 0 unspecified atom stereocenters. The van der Waals surface area contributed by atoms with Gasteiger partial charge in [-0.1, -0.05) is 23.3 Å². The molecule has 106 valence electrons. The maximum absolute atomic E-state index is 12.2. The van der Waals surface area contributed by atoms with Gasteiger partial charge in [0.2, 0.25) is 0 Å². The van der Waals surface area contributed by atoms with Crippen LogP contribution >= 0.6 is 0 Å². The van der Waals surface area contributed by atoms with E-state index in [4.69, 9.17) is 5.84 Å². The fourth-order valence-electron chi connectivity index (χ4n) is 1.91. The maximum Gasteiger partial charge on any atom is 0.276 e. The summed E-state index contributed by atoms with van der Waals surface area (Å²) in [7, 11) is 1.60. The zero-order valence-corrected chi connectivity index (χ0v) is 11.1. The topological polar surface area (TPSA) is 124 Å². The summed E-state index contributed by atoms with van der Waals surface area (Å²) in [5.74, 6) is 5.16. The standard InChI is InChI=1S/C12H12N8O/c1-20-18-12(17-19-20)15-11(21)10-6-9(16-13)7-4-2-3-5-8(7)14-10/h2-6H,13H2,1H3,(H,14,16)(H,15,18,21). The number of carbonyl (C=O) groups excluding carboxylic acids is 1. The molecule has 0 spiro atoms. The number of anilines is 2. The van der Waals surface area contributed by atoms with Gasteiger partial charge in [0, 0.05) is 5.39 Å². The first-order valence-corrected chi connectivity index (χ1v) is 6.09. The number of nitrogen functional groups attached to an aromatic ring is 1. The first-order chi connectivity index (χ1) is 10.2. The Labute approximate surface area is 119 Å². The van der Waals surface area contributed by atoms with E-state index in [1.165, 1.54) is 4.80 Å². The first kappa shape index (κ1) is 12.9. The second-order valence-electron chi connectivity index (χ2n) is 4.27. The highest BCUT2D eigenvalue weighted by atomic mass is 16.2. The third-order valence-electron chi connectivity index (χ3n) is 2.84. The maximum atomic E-state index is 12.2. The molecular weight excluding hydrogens is 272 g/mol. The van der Waals surface area contributed by atoms with Crippen molar-refractivity contribution in [3.05, 3.63) is 36.0 Å². The third kappa shape index (κ3) is 2.49. The van der Waals surface area contributed by atoms with E-state index >= 15 is 0 Å². The van der Waals surface area contributed by atoms with Crippen LogP contribution in [0.15, 0.2) is 30.3 Å². The molecule has 0 fully saturated rings. The van der Waals surface area contributed by atoms with E-state index in [0.717, 1.165) is 5.39 Å². The van der Waals surface area contributed by atoms with E-state index in [0.29, 0.717) is 11.2 Å². The van der Waals surface area contributed by atoms with Crippen molar-refractivity contribution < 1.29 is 4.79 Å². The van der Waals surface area contributed by atoms with Crippen LogP contribution in [0.2, 0.25) is 0 Å². The Morgan fingerprint density at radius 3 is 2.86 bits per heavy atom.